The van der Waals surface area contributed by atoms with Crippen LogP contribution in [0.3, 0.4) is 0 Å². The molecular weight excluding hydrogens is 340 g/mol. The molecule has 0 saturated carbocycles. The van der Waals surface area contributed by atoms with Gasteiger partial charge in [0.15, 0.2) is 0 Å². The van der Waals surface area contributed by atoms with Crippen LogP contribution < -0.4 is 4.74 Å². The molecule has 3 rings (SSSR count). The number of nitrogens with zero attached hydrogens (tertiary/aromatic N) is 1. The van der Waals surface area contributed by atoms with E-state index in [1.807, 2.05) is 7.05 Å². The van der Waals surface area contributed by atoms with Crippen molar-refractivity contribution in [2.24, 2.45) is 0 Å². The van der Waals surface area contributed by atoms with E-state index in [4.69, 9.17) is 32.7 Å². The van der Waals surface area contributed by atoms with E-state index in [0.29, 0.717) is 34.8 Å². The Bertz CT molecular complexity index is 711. The zero-order valence-corrected chi connectivity index (χ0v) is 14.1. The summed E-state index contributed by atoms with van der Waals surface area (Å²) in [5.41, 5.74) is 0.748. The lowest BCUT2D eigenvalue weighted by Crippen LogP contribution is -2.36. The van der Waals surface area contributed by atoms with Crippen molar-refractivity contribution in [2.45, 2.75) is 6.04 Å². The van der Waals surface area contributed by atoms with Gasteiger partial charge in [0, 0.05) is 18.2 Å². The van der Waals surface area contributed by atoms with Crippen LogP contribution in [0.15, 0.2) is 36.4 Å². The van der Waals surface area contributed by atoms with E-state index < -0.39 is 0 Å². The number of ether oxygens (including phenoxy) is 2. The van der Waals surface area contributed by atoms with Crippen molar-refractivity contribution in [1.29, 1.82) is 0 Å². The standard InChI is InChI=1S/C17H16Cl2FNO2/c1-21-6-7-22-10-16(21)13-8-11(20)2-5-17(13)23-12-3-4-14(18)15(19)9-12/h2-5,8-9,16H,6-7,10H2,1H3. The van der Waals surface area contributed by atoms with Gasteiger partial charge in [0.1, 0.15) is 17.3 Å². The molecule has 0 spiro atoms. The van der Waals surface area contributed by atoms with E-state index in [2.05, 4.69) is 4.90 Å². The molecule has 2 aromatic carbocycles. The number of hydrogen-bond donors (Lipinski definition) is 0. The van der Waals surface area contributed by atoms with Crippen LogP contribution >= 0.6 is 23.2 Å². The first-order valence-electron chi connectivity index (χ1n) is 7.25. The van der Waals surface area contributed by atoms with E-state index in [0.717, 1.165) is 12.1 Å². The average molecular weight is 356 g/mol. The van der Waals surface area contributed by atoms with Crippen molar-refractivity contribution in [3.05, 3.63) is 57.8 Å². The molecule has 1 aliphatic heterocycles. The van der Waals surface area contributed by atoms with Gasteiger partial charge in [-0.1, -0.05) is 23.2 Å². The second-order valence-corrected chi connectivity index (χ2v) is 6.25. The van der Waals surface area contributed by atoms with Gasteiger partial charge < -0.3 is 9.47 Å². The van der Waals surface area contributed by atoms with E-state index in [-0.39, 0.29) is 11.9 Å². The SMILES string of the molecule is CN1CCOCC1c1cc(F)ccc1Oc1ccc(Cl)c(Cl)c1. The quantitative estimate of drug-likeness (QED) is 0.779. The summed E-state index contributed by atoms with van der Waals surface area (Å²) in [4.78, 5) is 2.12. The Kier molecular flexibility index (Phi) is 5.07. The molecule has 0 amide bonds. The van der Waals surface area contributed by atoms with Gasteiger partial charge in [-0.2, -0.15) is 0 Å². The summed E-state index contributed by atoms with van der Waals surface area (Å²) in [7, 11) is 1.99. The molecule has 1 saturated heterocycles. The van der Waals surface area contributed by atoms with E-state index in [1.54, 1.807) is 24.3 Å². The normalized spacial score (nSPS) is 18.9. The third-order valence-electron chi connectivity index (χ3n) is 3.85. The average Bonchev–Trinajstić information content (AvgIpc) is 2.53. The number of halogens is 3. The molecule has 1 atom stereocenters. The largest absolute Gasteiger partial charge is 0.457 e. The van der Waals surface area contributed by atoms with E-state index in [1.165, 1.54) is 12.1 Å². The van der Waals surface area contributed by atoms with Crippen LogP contribution in [0.1, 0.15) is 11.6 Å². The van der Waals surface area contributed by atoms with Gasteiger partial charge in [-0.05, 0) is 37.4 Å². The highest BCUT2D eigenvalue weighted by Gasteiger charge is 2.25. The van der Waals surface area contributed by atoms with Crippen molar-refractivity contribution in [2.75, 3.05) is 26.8 Å². The van der Waals surface area contributed by atoms with Crippen molar-refractivity contribution in [3.63, 3.8) is 0 Å². The fourth-order valence-corrected chi connectivity index (χ4v) is 2.84. The van der Waals surface area contributed by atoms with Gasteiger partial charge >= 0.3 is 0 Å². The summed E-state index contributed by atoms with van der Waals surface area (Å²) in [6.45, 7) is 1.95. The van der Waals surface area contributed by atoms with Crippen molar-refractivity contribution < 1.29 is 13.9 Å². The van der Waals surface area contributed by atoms with Crippen molar-refractivity contribution in [3.8, 4) is 11.5 Å². The Morgan fingerprint density at radius 2 is 2.00 bits per heavy atom. The molecule has 122 valence electrons. The van der Waals surface area contributed by atoms with E-state index in [9.17, 15) is 4.39 Å². The minimum Gasteiger partial charge on any atom is -0.457 e. The summed E-state index contributed by atoms with van der Waals surface area (Å²) >= 11 is 11.9. The topological polar surface area (TPSA) is 21.7 Å². The molecule has 0 aliphatic carbocycles. The molecule has 0 aromatic heterocycles. The third kappa shape index (κ3) is 3.78. The first-order chi connectivity index (χ1) is 11.0. The molecular formula is C17H16Cl2FNO2. The highest BCUT2D eigenvalue weighted by atomic mass is 35.5. The maximum absolute atomic E-state index is 13.7. The van der Waals surface area contributed by atoms with Crippen molar-refractivity contribution in [1.82, 2.24) is 4.90 Å². The number of rotatable bonds is 3. The van der Waals surface area contributed by atoms with Crippen molar-refractivity contribution >= 4 is 23.2 Å². The lowest BCUT2D eigenvalue weighted by atomic mass is 10.0. The zero-order chi connectivity index (χ0) is 16.4. The molecule has 2 aromatic rings. The molecule has 0 radical (unpaired) electrons. The highest BCUT2D eigenvalue weighted by molar-refractivity contribution is 6.42. The van der Waals surface area contributed by atoms with Crippen LogP contribution in [0.4, 0.5) is 4.39 Å². The Labute approximate surface area is 144 Å². The van der Waals surface area contributed by atoms with Crippen LogP contribution in [0.2, 0.25) is 10.0 Å². The molecule has 1 heterocycles. The second kappa shape index (κ2) is 7.05. The molecule has 0 N–H and O–H groups in total. The minimum atomic E-state index is -0.305. The fourth-order valence-electron chi connectivity index (χ4n) is 2.55. The summed E-state index contributed by atoms with van der Waals surface area (Å²) in [5.74, 6) is 0.819. The van der Waals surface area contributed by atoms with Crippen LogP contribution in [-0.4, -0.2) is 31.7 Å². The Morgan fingerprint density at radius 1 is 1.17 bits per heavy atom. The molecule has 1 fully saturated rings. The summed E-state index contributed by atoms with van der Waals surface area (Å²) in [6.07, 6.45) is 0. The van der Waals surface area contributed by atoms with Gasteiger partial charge in [-0.25, -0.2) is 4.39 Å². The predicted molar refractivity (Wildman–Crippen MR) is 89.1 cm³/mol. The van der Waals surface area contributed by atoms with Gasteiger partial charge in [0.05, 0.1) is 29.3 Å². The first kappa shape index (κ1) is 16.5. The maximum Gasteiger partial charge on any atom is 0.132 e. The lowest BCUT2D eigenvalue weighted by Gasteiger charge is -2.33. The molecule has 23 heavy (non-hydrogen) atoms. The number of morpholine rings is 1. The van der Waals surface area contributed by atoms with Crippen LogP contribution in [0.25, 0.3) is 0 Å². The van der Waals surface area contributed by atoms with E-state index >= 15 is 0 Å². The lowest BCUT2D eigenvalue weighted by molar-refractivity contribution is 0.00430. The van der Waals surface area contributed by atoms with Gasteiger partial charge in [-0.15, -0.1) is 0 Å². The third-order valence-corrected chi connectivity index (χ3v) is 4.58. The summed E-state index contributed by atoms with van der Waals surface area (Å²) < 4.78 is 25.2. The van der Waals surface area contributed by atoms with Crippen LogP contribution in [0.5, 0.6) is 11.5 Å². The number of benzene rings is 2. The zero-order valence-electron chi connectivity index (χ0n) is 12.6. The summed E-state index contributed by atoms with van der Waals surface area (Å²) in [6, 6.07) is 9.45. The molecule has 6 heteroatoms. The number of likely N-dealkylation sites (N-methyl/N-ethyl adjacent to an activating group) is 1. The monoisotopic (exact) mass is 355 g/mol. The van der Waals surface area contributed by atoms with Gasteiger partial charge in [-0.3, -0.25) is 4.90 Å². The first-order valence-corrected chi connectivity index (χ1v) is 8.00. The van der Waals surface area contributed by atoms with Crippen LogP contribution in [-0.2, 0) is 4.74 Å². The molecule has 1 unspecified atom stereocenters. The maximum atomic E-state index is 13.7. The molecule has 0 bridgehead atoms. The minimum absolute atomic E-state index is 0.0581. The summed E-state index contributed by atoms with van der Waals surface area (Å²) in [5, 5.41) is 0.865. The molecule has 1 aliphatic rings. The smallest absolute Gasteiger partial charge is 0.132 e. The van der Waals surface area contributed by atoms with Gasteiger partial charge in [0.25, 0.3) is 0 Å². The van der Waals surface area contributed by atoms with Crippen LogP contribution in [0, 0.1) is 5.82 Å². The fraction of sp³-hybridized carbons (Fsp3) is 0.294. The predicted octanol–water partition coefficient (Wildman–Crippen LogP) is 4.93. The molecule has 3 nitrogen and oxygen atoms in total. The Morgan fingerprint density at radius 3 is 2.74 bits per heavy atom. The Balaban J connectivity index is 1.93. The highest BCUT2D eigenvalue weighted by Crippen LogP contribution is 2.35. The Hall–Kier alpha value is -1.33. The second-order valence-electron chi connectivity index (χ2n) is 5.43. The van der Waals surface area contributed by atoms with Gasteiger partial charge in [0.2, 0.25) is 0 Å². The number of hydrogen-bond acceptors (Lipinski definition) is 3.